The molecule has 1 aromatic carbocycles. The minimum Gasteiger partial charge on any atom is -0.340 e. The maximum atomic E-state index is 12.4. The zero-order valence-electron chi connectivity index (χ0n) is 13.9. The number of halogens is 2. The van der Waals surface area contributed by atoms with Crippen molar-refractivity contribution in [2.45, 2.75) is 19.4 Å². The monoisotopic (exact) mass is 403 g/mol. The first-order valence-corrected chi connectivity index (χ1v) is 8.73. The van der Waals surface area contributed by atoms with Crippen LogP contribution in [-0.2, 0) is 11.3 Å². The molecule has 0 aliphatic carbocycles. The summed E-state index contributed by atoms with van der Waals surface area (Å²) in [5.41, 5.74) is 1.14. The number of benzene rings is 1. The highest BCUT2D eigenvalue weighted by Gasteiger charge is 2.21. The minimum absolute atomic E-state index is 0. The van der Waals surface area contributed by atoms with Crippen molar-refractivity contribution < 1.29 is 4.79 Å². The largest absolute Gasteiger partial charge is 0.340 e. The Bertz CT molecular complexity index is 492. The van der Waals surface area contributed by atoms with Gasteiger partial charge in [0.2, 0.25) is 5.91 Å². The van der Waals surface area contributed by atoms with Crippen LogP contribution in [0.5, 0.6) is 0 Å². The van der Waals surface area contributed by atoms with Crippen molar-refractivity contribution in [3.05, 3.63) is 34.3 Å². The number of carbonyl (C=O) groups excluding carboxylic acids is 1. The Labute approximate surface area is 154 Å². The van der Waals surface area contributed by atoms with E-state index in [1.807, 2.05) is 37.2 Å². The Kier molecular flexibility index (Phi) is 9.14. The summed E-state index contributed by atoms with van der Waals surface area (Å²) in [5.74, 6) is 0.956. The highest BCUT2D eigenvalue weighted by molar-refractivity contribution is 9.10. The molecule has 1 N–H and O–H groups in total. The summed E-state index contributed by atoms with van der Waals surface area (Å²) >= 11 is 3.54. The van der Waals surface area contributed by atoms with Crippen LogP contribution in [0.1, 0.15) is 18.4 Å². The zero-order valence-corrected chi connectivity index (χ0v) is 16.3. The van der Waals surface area contributed by atoms with Gasteiger partial charge in [-0.05, 0) is 57.1 Å². The second kappa shape index (κ2) is 10.3. The van der Waals surface area contributed by atoms with Crippen LogP contribution in [0.4, 0.5) is 0 Å². The van der Waals surface area contributed by atoms with Crippen molar-refractivity contribution >= 4 is 34.2 Å². The molecule has 23 heavy (non-hydrogen) atoms. The molecule has 0 atom stereocenters. The van der Waals surface area contributed by atoms with E-state index in [2.05, 4.69) is 32.2 Å². The van der Waals surface area contributed by atoms with Gasteiger partial charge in [-0.15, -0.1) is 12.4 Å². The summed E-state index contributed by atoms with van der Waals surface area (Å²) in [4.78, 5) is 16.5. The molecule has 1 aliphatic heterocycles. The lowest BCUT2D eigenvalue weighted by molar-refractivity contribution is -0.132. The lowest BCUT2D eigenvalue weighted by Crippen LogP contribution is -2.43. The van der Waals surface area contributed by atoms with Crippen molar-refractivity contribution in [1.29, 1.82) is 0 Å². The number of hydrogen-bond acceptors (Lipinski definition) is 3. The Morgan fingerprint density at radius 3 is 2.61 bits per heavy atom. The number of likely N-dealkylation sites (tertiary alicyclic amines) is 1. The first kappa shape index (κ1) is 20.4. The minimum atomic E-state index is 0. The molecular formula is C17H27BrClN3O. The molecule has 0 radical (unpaired) electrons. The van der Waals surface area contributed by atoms with Crippen molar-refractivity contribution in [1.82, 2.24) is 15.1 Å². The summed E-state index contributed by atoms with van der Waals surface area (Å²) in [6.45, 7) is 4.33. The fourth-order valence-corrected chi connectivity index (χ4v) is 3.33. The van der Waals surface area contributed by atoms with E-state index in [9.17, 15) is 4.79 Å². The summed E-state index contributed by atoms with van der Waals surface area (Å²) in [6.07, 6.45) is 2.37. The molecule has 0 unspecified atom stereocenters. The average Bonchev–Trinajstić information content (AvgIpc) is 2.51. The molecule has 0 saturated carbocycles. The van der Waals surface area contributed by atoms with Gasteiger partial charge in [0.25, 0.3) is 0 Å². The number of amides is 1. The van der Waals surface area contributed by atoms with Gasteiger partial charge in [0, 0.05) is 18.1 Å². The Morgan fingerprint density at radius 1 is 1.35 bits per heavy atom. The molecule has 1 fully saturated rings. The molecule has 6 heteroatoms. The lowest BCUT2D eigenvalue weighted by Gasteiger charge is -2.32. The molecule has 130 valence electrons. The fourth-order valence-electron chi connectivity index (χ4n) is 2.92. The smallest absolute Gasteiger partial charge is 0.236 e. The van der Waals surface area contributed by atoms with Gasteiger partial charge >= 0.3 is 0 Å². The summed E-state index contributed by atoms with van der Waals surface area (Å²) in [7, 11) is 3.89. The summed E-state index contributed by atoms with van der Waals surface area (Å²) in [5, 5.41) is 3.25. The van der Waals surface area contributed by atoms with Gasteiger partial charge in [0.1, 0.15) is 0 Å². The van der Waals surface area contributed by atoms with E-state index < -0.39 is 0 Å². The molecule has 0 spiro atoms. The van der Waals surface area contributed by atoms with Gasteiger partial charge in [0.15, 0.2) is 0 Å². The SMILES string of the molecule is CNCC1CCN(CC(=O)N(C)Cc2ccccc2Br)CC1.Cl. The van der Waals surface area contributed by atoms with E-state index in [0.29, 0.717) is 13.1 Å². The maximum Gasteiger partial charge on any atom is 0.236 e. The fraction of sp³-hybridized carbons (Fsp3) is 0.588. The third-order valence-corrected chi connectivity index (χ3v) is 5.12. The van der Waals surface area contributed by atoms with Gasteiger partial charge in [0.05, 0.1) is 6.54 Å². The van der Waals surface area contributed by atoms with Crippen LogP contribution in [-0.4, -0.2) is 56.0 Å². The van der Waals surface area contributed by atoms with Gasteiger partial charge in [-0.1, -0.05) is 34.1 Å². The molecule has 1 aromatic rings. The highest BCUT2D eigenvalue weighted by Crippen LogP contribution is 2.18. The Balaban J connectivity index is 0.00000264. The second-order valence-corrected chi connectivity index (χ2v) is 6.97. The third kappa shape index (κ3) is 6.42. The Morgan fingerprint density at radius 2 is 2.00 bits per heavy atom. The number of rotatable bonds is 6. The Hall–Kier alpha value is -0.620. The van der Waals surface area contributed by atoms with Gasteiger partial charge < -0.3 is 10.2 Å². The van der Waals surface area contributed by atoms with Crippen LogP contribution >= 0.6 is 28.3 Å². The standard InChI is InChI=1S/C17H26BrN3O.ClH/c1-19-11-14-7-9-21(10-8-14)13-17(22)20(2)12-15-5-3-4-6-16(15)18;/h3-6,14,19H,7-13H2,1-2H3;1H. The third-order valence-electron chi connectivity index (χ3n) is 4.35. The van der Waals surface area contributed by atoms with Crippen molar-refractivity contribution in [3.63, 3.8) is 0 Å². The summed E-state index contributed by atoms with van der Waals surface area (Å²) in [6, 6.07) is 8.06. The van der Waals surface area contributed by atoms with Gasteiger partial charge in [-0.25, -0.2) is 0 Å². The van der Waals surface area contributed by atoms with Crippen LogP contribution in [0.2, 0.25) is 0 Å². The van der Waals surface area contributed by atoms with Crippen LogP contribution in [0.15, 0.2) is 28.7 Å². The van der Waals surface area contributed by atoms with E-state index in [1.54, 1.807) is 0 Å². The number of carbonyl (C=O) groups is 1. The van der Waals surface area contributed by atoms with E-state index in [1.165, 1.54) is 12.8 Å². The molecule has 4 nitrogen and oxygen atoms in total. The molecule has 1 heterocycles. The van der Waals surface area contributed by atoms with Crippen LogP contribution in [0, 0.1) is 5.92 Å². The van der Waals surface area contributed by atoms with Gasteiger partial charge in [-0.2, -0.15) is 0 Å². The molecule has 0 aromatic heterocycles. The number of hydrogen-bond donors (Lipinski definition) is 1. The number of likely N-dealkylation sites (N-methyl/N-ethyl adjacent to an activating group) is 1. The highest BCUT2D eigenvalue weighted by atomic mass is 79.9. The molecule has 2 rings (SSSR count). The van der Waals surface area contributed by atoms with Crippen LogP contribution < -0.4 is 5.32 Å². The normalized spacial score (nSPS) is 16.0. The first-order chi connectivity index (χ1) is 10.6. The summed E-state index contributed by atoms with van der Waals surface area (Å²) < 4.78 is 1.06. The molecule has 1 aliphatic rings. The van der Waals surface area contributed by atoms with Crippen molar-refractivity contribution in [2.24, 2.45) is 5.92 Å². The number of piperidine rings is 1. The molecule has 1 amide bonds. The molecule has 0 bridgehead atoms. The number of nitrogens with one attached hydrogen (secondary N) is 1. The van der Waals surface area contributed by atoms with Crippen molar-refractivity contribution in [2.75, 3.05) is 40.3 Å². The predicted molar refractivity (Wildman–Crippen MR) is 101 cm³/mol. The van der Waals surface area contributed by atoms with E-state index in [0.717, 1.165) is 35.6 Å². The van der Waals surface area contributed by atoms with Crippen LogP contribution in [0.3, 0.4) is 0 Å². The second-order valence-electron chi connectivity index (χ2n) is 6.12. The van der Waals surface area contributed by atoms with Gasteiger partial charge in [-0.3, -0.25) is 9.69 Å². The van der Waals surface area contributed by atoms with E-state index in [4.69, 9.17) is 0 Å². The number of nitrogens with zero attached hydrogens (tertiary/aromatic N) is 2. The quantitative estimate of drug-likeness (QED) is 0.792. The molecular weight excluding hydrogens is 378 g/mol. The zero-order chi connectivity index (χ0) is 15.9. The topological polar surface area (TPSA) is 35.6 Å². The predicted octanol–water partition coefficient (Wildman–Crippen LogP) is 2.76. The average molecular weight is 405 g/mol. The first-order valence-electron chi connectivity index (χ1n) is 7.94. The van der Waals surface area contributed by atoms with Crippen molar-refractivity contribution in [3.8, 4) is 0 Å². The van der Waals surface area contributed by atoms with E-state index >= 15 is 0 Å². The lowest BCUT2D eigenvalue weighted by atomic mass is 9.97. The maximum absolute atomic E-state index is 12.4. The van der Waals surface area contributed by atoms with E-state index in [-0.39, 0.29) is 18.3 Å². The molecule has 1 saturated heterocycles. The van der Waals surface area contributed by atoms with Crippen LogP contribution in [0.25, 0.3) is 0 Å².